The number of hydrogen-bond acceptors (Lipinski definition) is 6. The highest BCUT2D eigenvalue weighted by Crippen LogP contribution is 2.25. The molecule has 0 saturated heterocycles. The van der Waals surface area contributed by atoms with E-state index in [1.807, 2.05) is 0 Å². The van der Waals surface area contributed by atoms with Gasteiger partial charge in [0.15, 0.2) is 0 Å². The number of carbonyl (C=O) groups excluding carboxylic acids is 1. The highest BCUT2D eigenvalue weighted by atomic mass is 32.2. The van der Waals surface area contributed by atoms with Crippen LogP contribution in [0.25, 0.3) is 0 Å². The summed E-state index contributed by atoms with van der Waals surface area (Å²) >= 11 is 1.03. The van der Waals surface area contributed by atoms with E-state index >= 15 is 0 Å². The van der Waals surface area contributed by atoms with E-state index in [-0.39, 0.29) is 15.8 Å². The molecular weight excluding hydrogens is 302 g/mol. The Morgan fingerprint density at radius 3 is 2.90 bits per heavy atom. The van der Waals surface area contributed by atoms with Crippen LogP contribution in [0.5, 0.6) is 0 Å². The van der Waals surface area contributed by atoms with Crippen molar-refractivity contribution in [3.8, 4) is 0 Å². The number of thiophene rings is 1. The van der Waals surface area contributed by atoms with Gasteiger partial charge < -0.3 is 9.84 Å². The third-order valence-corrected chi connectivity index (χ3v) is 5.84. The number of aliphatic hydroxyl groups excluding tert-OH is 1. The third kappa shape index (κ3) is 3.38. The maximum Gasteiger partial charge on any atom is 0.349 e. The molecule has 0 radical (unpaired) electrons. The van der Waals surface area contributed by atoms with Crippen molar-refractivity contribution in [2.75, 3.05) is 7.11 Å². The summed E-state index contributed by atoms with van der Waals surface area (Å²) in [5.74, 6) is -0.663. The Hall–Kier alpha value is -0.960. The highest BCUT2D eigenvalue weighted by molar-refractivity contribution is 7.89. The van der Waals surface area contributed by atoms with Crippen molar-refractivity contribution >= 4 is 27.3 Å². The van der Waals surface area contributed by atoms with Gasteiger partial charge in [0.1, 0.15) is 9.77 Å². The quantitative estimate of drug-likeness (QED) is 0.811. The molecule has 2 unspecified atom stereocenters. The fourth-order valence-electron chi connectivity index (χ4n) is 2.30. The summed E-state index contributed by atoms with van der Waals surface area (Å²) in [6, 6.07) is 1.09. The summed E-state index contributed by atoms with van der Waals surface area (Å²) < 4.78 is 31.8. The molecule has 0 bridgehead atoms. The molecule has 20 heavy (non-hydrogen) atoms. The van der Waals surface area contributed by atoms with Gasteiger partial charge in [-0.15, -0.1) is 11.3 Å². The number of carbonyl (C=O) groups is 1. The van der Waals surface area contributed by atoms with E-state index in [0.29, 0.717) is 19.3 Å². The summed E-state index contributed by atoms with van der Waals surface area (Å²) in [7, 11) is -2.57. The zero-order valence-electron chi connectivity index (χ0n) is 11.0. The molecule has 1 aliphatic carbocycles. The molecule has 0 spiro atoms. The minimum absolute atomic E-state index is 0.0607. The summed E-state index contributed by atoms with van der Waals surface area (Å²) in [6.07, 6.45) is 2.09. The van der Waals surface area contributed by atoms with Crippen LogP contribution in [-0.4, -0.2) is 38.7 Å². The van der Waals surface area contributed by atoms with E-state index in [0.717, 1.165) is 17.8 Å². The van der Waals surface area contributed by atoms with Gasteiger partial charge >= 0.3 is 5.97 Å². The normalized spacial score (nSPS) is 23.5. The molecule has 2 N–H and O–H groups in total. The van der Waals surface area contributed by atoms with E-state index in [2.05, 4.69) is 9.46 Å². The average molecular weight is 319 g/mol. The van der Waals surface area contributed by atoms with Crippen LogP contribution in [0.3, 0.4) is 0 Å². The number of hydrogen-bond donors (Lipinski definition) is 2. The zero-order chi connectivity index (χ0) is 14.8. The first-order chi connectivity index (χ1) is 9.44. The second-order valence-corrected chi connectivity index (χ2v) is 7.34. The van der Waals surface area contributed by atoms with Crippen LogP contribution in [0, 0.1) is 0 Å². The van der Waals surface area contributed by atoms with Crippen molar-refractivity contribution in [3.63, 3.8) is 0 Å². The Bertz CT molecular complexity index is 580. The zero-order valence-corrected chi connectivity index (χ0v) is 12.7. The second-order valence-electron chi connectivity index (χ2n) is 4.74. The number of ether oxygens (including phenoxy) is 1. The van der Waals surface area contributed by atoms with Gasteiger partial charge in [-0.05, 0) is 37.1 Å². The predicted octanol–water partition coefficient (Wildman–Crippen LogP) is 1.12. The molecule has 0 aliphatic heterocycles. The predicted molar refractivity (Wildman–Crippen MR) is 74.2 cm³/mol. The largest absolute Gasteiger partial charge is 0.465 e. The second kappa shape index (κ2) is 6.21. The topological polar surface area (TPSA) is 92.7 Å². The lowest BCUT2D eigenvalue weighted by Gasteiger charge is -2.26. The Kier molecular flexibility index (Phi) is 4.79. The molecule has 1 aromatic rings. The number of rotatable bonds is 4. The van der Waals surface area contributed by atoms with Gasteiger partial charge in [0.05, 0.1) is 13.2 Å². The molecule has 112 valence electrons. The van der Waals surface area contributed by atoms with Crippen molar-refractivity contribution in [1.29, 1.82) is 0 Å². The van der Waals surface area contributed by atoms with Crippen LogP contribution < -0.4 is 4.72 Å². The number of esters is 1. The molecule has 1 aromatic heterocycles. The maximum absolute atomic E-state index is 12.3. The molecule has 1 heterocycles. The molecule has 0 aromatic carbocycles. The van der Waals surface area contributed by atoms with Crippen LogP contribution in [0.4, 0.5) is 0 Å². The van der Waals surface area contributed by atoms with Crippen molar-refractivity contribution in [2.45, 2.75) is 42.7 Å². The van der Waals surface area contributed by atoms with Gasteiger partial charge in [-0.1, -0.05) is 0 Å². The lowest BCUT2D eigenvalue weighted by Crippen LogP contribution is -2.39. The SMILES string of the molecule is COC(=O)c1sccc1S(=O)(=O)NC1CCCC(O)C1. The highest BCUT2D eigenvalue weighted by Gasteiger charge is 2.29. The van der Waals surface area contributed by atoms with E-state index < -0.39 is 22.1 Å². The number of methoxy groups -OCH3 is 1. The van der Waals surface area contributed by atoms with Gasteiger partial charge in [0, 0.05) is 6.04 Å². The first-order valence-electron chi connectivity index (χ1n) is 6.30. The first-order valence-corrected chi connectivity index (χ1v) is 8.66. The molecular formula is C12H17NO5S2. The summed E-state index contributed by atoms with van der Waals surface area (Å²) in [4.78, 5) is 11.5. The minimum Gasteiger partial charge on any atom is -0.465 e. The molecule has 1 saturated carbocycles. The molecule has 6 nitrogen and oxygen atoms in total. The first kappa shape index (κ1) is 15.4. The van der Waals surface area contributed by atoms with Crippen LogP contribution >= 0.6 is 11.3 Å². The molecule has 1 aliphatic rings. The Labute approximate surface area is 121 Å². The lowest BCUT2D eigenvalue weighted by molar-refractivity contribution is 0.0602. The van der Waals surface area contributed by atoms with Crippen LogP contribution in [-0.2, 0) is 14.8 Å². The number of sulfonamides is 1. The fraction of sp³-hybridized carbons (Fsp3) is 0.583. The molecule has 2 atom stereocenters. The van der Waals surface area contributed by atoms with E-state index in [9.17, 15) is 18.3 Å². The Morgan fingerprint density at radius 2 is 2.25 bits per heavy atom. The van der Waals surface area contributed by atoms with Crippen molar-refractivity contribution in [3.05, 3.63) is 16.3 Å². The van der Waals surface area contributed by atoms with Crippen molar-refractivity contribution in [1.82, 2.24) is 4.72 Å². The van der Waals surface area contributed by atoms with Gasteiger partial charge in [0.25, 0.3) is 0 Å². The molecule has 8 heteroatoms. The molecule has 2 rings (SSSR count). The number of aliphatic hydroxyl groups is 1. The fourth-order valence-corrected chi connectivity index (χ4v) is 4.92. The third-order valence-electron chi connectivity index (χ3n) is 3.26. The van der Waals surface area contributed by atoms with E-state index in [1.165, 1.54) is 18.6 Å². The van der Waals surface area contributed by atoms with Gasteiger partial charge in [0.2, 0.25) is 10.0 Å². The van der Waals surface area contributed by atoms with Crippen LogP contribution in [0.15, 0.2) is 16.3 Å². The smallest absolute Gasteiger partial charge is 0.349 e. The van der Waals surface area contributed by atoms with E-state index in [4.69, 9.17) is 0 Å². The van der Waals surface area contributed by atoms with Crippen LogP contribution in [0.2, 0.25) is 0 Å². The maximum atomic E-state index is 12.3. The standard InChI is InChI=1S/C12H17NO5S2/c1-18-12(15)11-10(5-6-19-11)20(16,17)13-8-3-2-4-9(14)7-8/h5-6,8-9,13-14H,2-4,7H2,1H3. The van der Waals surface area contributed by atoms with Gasteiger partial charge in [-0.3, -0.25) is 0 Å². The van der Waals surface area contributed by atoms with Gasteiger partial charge in [-0.25, -0.2) is 17.9 Å². The Balaban J connectivity index is 2.18. The van der Waals surface area contributed by atoms with E-state index in [1.54, 1.807) is 0 Å². The summed E-state index contributed by atoms with van der Waals surface area (Å²) in [5, 5.41) is 11.1. The molecule has 0 amide bonds. The lowest BCUT2D eigenvalue weighted by atomic mass is 9.94. The number of nitrogens with one attached hydrogen (secondary N) is 1. The molecule has 1 fully saturated rings. The van der Waals surface area contributed by atoms with Crippen molar-refractivity contribution in [2.24, 2.45) is 0 Å². The summed E-state index contributed by atoms with van der Waals surface area (Å²) in [5.41, 5.74) is 0. The monoisotopic (exact) mass is 319 g/mol. The van der Waals surface area contributed by atoms with Crippen LogP contribution in [0.1, 0.15) is 35.4 Å². The Morgan fingerprint density at radius 1 is 1.50 bits per heavy atom. The van der Waals surface area contributed by atoms with Crippen molar-refractivity contribution < 1.29 is 23.1 Å². The minimum atomic E-state index is -3.78. The van der Waals surface area contributed by atoms with Gasteiger partial charge in [-0.2, -0.15) is 0 Å². The average Bonchev–Trinajstić information content (AvgIpc) is 2.87. The summed E-state index contributed by atoms with van der Waals surface area (Å²) in [6.45, 7) is 0.